The fraction of sp³-hybridized carbons (Fsp3) is 0.125. The minimum atomic E-state index is 0.311. The van der Waals surface area contributed by atoms with Crippen molar-refractivity contribution in [1.29, 1.82) is 0 Å². The van der Waals surface area contributed by atoms with Gasteiger partial charge in [-0.3, -0.25) is 0 Å². The van der Waals surface area contributed by atoms with E-state index >= 15 is 0 Å². The van der Waals surface area contributed by atoms with Crippen LogP contribution >= 0.6 is 11.3 Å². The molecular weight excluding hydrogens is 280 g/mol. The van der Waals surface area contributed by atoms with Crippen molar-refractivity contribution >= 4 is 39.1 Å². The fourth-order valence-electron chi connectivity index (χ4n) is 2.78. The smallest absolute Gasteiger partial charge is 0.220 e. The molecule has 4 rings (SSSR count). The maximum Gasteiger partial charge on any atom is 0.220 e. The summed E-state index contributed by atoms with van der Waals surface area (Å²) in [7, 11) is 2.07. The molecule has 0 spiro atoms. The van der Waals surface area contributed by atoms with Crippen LogP contribution in [0.25, 0.3) is 32.2 Å². The number of nitrogens with zero attached hydrogens (tertiary/aromatic N) is 3. The van der Waals surface area contributed by atoms with Crippen LogP contribution in [0.4, 0.5) is 5.95 Å². The Hall–Kier alpha value is -2.40. The first-order valence-corrected chi connectivity index (χ1v) is 7.52. The van der Waals surface area contributed by atoms with Gasteiger partial charge in [0.15, 0.2) is 0 Å². The molecule has 0 saturated carbocycles. The zero-order chi connectivity index (χ0) is 14.6. The van der Waals surface area contributed by atoms with Crippen molar-refractivity contribution in [2.75, 3.05) is 5.73 Å². The molecule has 0 amide bonds. The second-order valence-electron chi connectivity index (χ2n) is 5.18. The first-order valence-electron chi connectivity index (χ1n) is 6.70. The van der Waals surface area contributed by atoms with E-state index in [1.165, 1.54) is 20.8 Å². The third kappa shape index (κ3) is 1.81. The van der Waals surface area contributed by atoms with Crippen LogP contribution in [-0.4, -0.2) is 14.5 Å². The molecule has 2 N–H and O–H groups in total. The molecular formula is C16H14N4S. The van der Waals surface area contributed by atoms with Gasteiger partial charge in [0.05, 0.1) is 11.0 Å². The van der Waals surface area contributed by atoms with Crippen LogP contribution in [0.2, 0.25) is 0 Å². The second-order valence-corrected chi connectivity index (χ2v) is 6.47. The monoisotopic (exact) mass is 294 g/mol. The van der Waals surface area contributed by atoms with Crippen LogP contribution in [0.15, 0.2) is 36.7 Å². The Balaban J connectivity index is 2.18. The van der Waals surface area contributed by atoms with Gasteiger partial charge in [-0.25, -0.2) is 9.97 Å². The average Bonchev–Trinajstić information content (AvgIpc) is 3.05. The minimum absolute atomic E-state index is 0.311. The van der Waals surface area contributed by atoms with Gasteiger partial charge >= 0.3 is 0 Å². The first-order chi connectivity index (χ1) is 10.1. The zero-order valence-electron chi connectivity index (χ0n) is 11.8. The van der Waals surface area contributed by atoms with Gasteiger partial charge in [0.2, 0.25) is 5.95 Å². The lowest BCUT2D eigenvalue weighted by atomic mass is 10.1. The van der Waals surface area contributed by atoms with Crippen molar-refractivity contribution in [2.24, 2.45) is 7.05 Å². The van der Waals surface area contributed by atoms with Crippen molar-refractivity contribution in [1.82, 2.24) is 14.5 Å². The van der Waals surface area contributed by atoms with Gasteiger partial charge in [0, 0.05) is 45.5 Å². The van der Waals surface area contributed by atoms with Crippen molar-refractivity contribution in [3.63, 3.8) is 0 Å². The number of rotatable bonds is 1. The first kappa shape index (κ1) is 12.3. The van der Waals surface area contributed by atoms with Crippen molar-refractivity contribution in [3.8, 4) is 10.4 Å². The summed E-state index contributed by atoms with van der Waals surface area (Å²) >= 11 is 1.79. The summed E-state index contributed by atoms with van der Waals surface area (Å²) in [4.78, 5) is 11.1. The molecule has 0 aliphatic carbocycles. The SMILES string of the molecule is Cc1ccc(-c2cc3nc(N)ncc3c3ccn(C)c23)s1. The number of anilines is 1. The molecule has 0 aliphatic heterocycles. The highest BCUT2D eigenvalue weighted by molar-refractivity contribution is 7.15. The predicted octanol–water partition coefficient (Wildman–Crippen LogP) is 3.74. The predicted molar refractivity (Wildman–Crippen MR) is 88.5 cm³/mol. The number of benzene rings is 1. The lowest BCUT2D eigenvalue weighted by molar-refractivity contribution is 0.970. The lowest BCUT2D eigenvalue weighted by Gasteiger charge is -2.08. The van der Waals surface area contributed by atoms with E-state index in [2.05, 4.69) is 59.0 Å². The van der Waals surface area contributed by atoms with Crippen LogP contribution < -0.4 is 5.73 Å². The Bertz CT molecular complexity index is 981. The Morgan fingerprint density at radius 3 is 2.81 bits per heavy atom. The van der Waals surface area contributed by atoms with E-state index in [1.807, 2.05) is 6.20 Å². The fourth-order valence-corrected chi connectivity index (χ4v) is 3.67. The molecule has 0 saturated heterocycles. The number of nitrogens with two attached hydrogens (primary N) is 1. The second kappa shape index (κ2) is 4.30. The van der Waals surface area contributed by atoms with Crippen LogP contribution in [0.3, 0.4) is 0 Å². The molecule has 0 fully saturated rings. The normalized spacial score (nSPS) is 11.5. The highest BCUT2D eigenvalue weighted by Gasteiger charge is 2.13. The average molecular weight is 294 g/mol. The molecule has 21 heavy (non-hydrogen) atoms. The van der Waals surface area contributed by atoms with E-state index < -0.39 is 0 Å². The highest BCUT2D eigenvalue weighted by atomic mass is 32.1. The summed E-state index contributed by atoms with van der Waals surface area (Å²) in [5.41, 5.74) is 9.03. The van der Waals surface area contributed by atoms with Crippen molar-refractivity contribution in [3.05, 3.63) is 41.5 Å². The summed E-state index contributed by atoms with van der Waals surface area (Å²) in [5, 5.41) is 2.20. The van der Waals surface area contributed by atoms with Crippen LogP contribution in [0.5, 0.6) is 0 Å². The van der Waals surface area contributed by atoms with E-state index in [1.54, 1.807) is 11.3 Å². The quantitative estimate of drug-likeness (QED) is 0.582. The summed E-state index contributed by atoms with van der Waals surface area (Å²) in [6, 6.07) is 8.54. The topological polar surface area (TPSA) is 56.7 Å². The zero-order valence-corrected chi connectivity index (χ0v) is 12.6. The van der Waals surface area contributed by atoms with Crippen molar-refractivity contribution < 1.29 is 0 Å². The minimum Gasteiger partial charge on any atom is -0.368 e. The van der Waals surface area contributed by atoms with Crippen molar-refractivity contribution in [2.45, 2.75) is 6.92 Å². The number of aryl methyl sites for hydroxylation is 2. The van der Waals surface area contributed by atoms with Gasteiger partial charge in [-0.15, -0.1) is 11.3 Å². The van der Waals surface area contributed by atoms with Crippen LogP contribution in [-0.2, 0) is 7.05 Å². The molecule has 1 aromatic carbocycles. The molecule has 4 nitrogen and oxygen atoms in total. The Kier molecular flexibility index (Phi) is 2.53. The number of hydrogen-bond acceptors (Lipinski definition) is 4. The Labute approximate surface area is 125 Å². The summed E-state index contributed by atoms with van der Waals surface area (Å²) in [6.07, 6.45) is 3.88. The molecule has 3 heterocycles. The summed E-state index contributed by atoms with van der Waals surface area (Å²) in [6.45, 7) is 2.12. The lowest BCUT2D eigenvalue weighted by Crippen LogP contribution is -1.95. The third-order valence-electron chi connectivity index (χ3n) is 3.74. The van der Waals surface area contributed by atoms with Gasteiger partial charge < -0.3 is 10.3 Å². The Morgan fingerprint density at radius 2 is 2.05 bits per heavy atom. The molecule has 0 aliphatic rings. The van der Waals surface area contributed by atoms with E-state index in [-0.39, 0.29) is 0 Å². The van der Waals surface area contributed by atoms with Gasteiger partial charge in [-0.1, -0.05) is 0 Å². The molecule has 4 aromatic rings. The summed E-state index contributed by atoms with van der Waals surface area (Å²) < 4.78 is 2.15. The van der Waals surface area contributed by atoms with Gasteiger partial charge in [-0.2, -0.15) is 0 Å². The van der Waals surface area contributed by atoms with Gasteiger partial charge in [-0.05, 0) is 31.2 Å². The number of nitrogen functional groups attached to an aromatic ring is 1. The molecule has 3 aromatic heterocycles. The van der Waals surface area contributed by atoms with E-state index in [0.717, 1.165) is 16.3 Å². The molecule has 0 atom stereocenters. The standard InChI is InChI=1S/C16H14N4S/c1-9-3-4-14(21-9)11-7-13-12(8-18-16(17)19-13)10-5-6-20(2)15(10)11/h3-8H,1-2H3,(H2,17,18,19). The molecule has 5 heteroatoms. The Morgan fingerprint density at radius 1 is 1.19 bits per heavy atom. The number of hydrogen-bond donors (Lipinski definition) is 1. The number of fused-ring (bicyclic) bond motifs is 3. The highest BCUT2D eigenvalue weighted by Crippen LogP contribution is 2.37. The van der Waals surface area contributed by atoms with E-state index in [9.17, 15) is 0 Å². The van der Waals surface area contributed by atoms with Gasteiger partial charge in [0.25, 0.3) is 0 Å². The van der Waals surface area contributed by atoms with Crippen LogP contribution in [0, 0.1) is 6.92 Å². The maximum absolute atomic E-state index is 5.74. The summed E-state index contributed by atoms with van der Waals surface area (Å²) in [5.74, 6) is 0.311. The van der Waals surface area contributed by atoms with E-state index in [0.29, 0.717) is 5.95 Å². The molecule has 0 radical (unpaired) electrons. The number of thiophene rings is 1. The van der Waals surface area contributed by atoms with E-state index in [4.69, 9.17) is 5.73 Å². The molecule has 0 unspecified atom stereocenters. The molecule has 0 bridgehead atoms. The van der Waals surface area contributed by atoms with Gasteiger partial charge in [0.1, 0.15) is 0 Å². The van der Waals surface area contributed by atoms with Crippen LogP contribution in [0.1, 0.15) is 4.88 Å². The largest absolute Gasteiger partial charge is 0.368 e. The molecule has 104 valence electrons. The number of aromatic nitrogens is 3. The third-order valence-corrected chi connectivity index (χ3v) is 4.78. The maximum atomic E-state index is 5.74.